The normalized spacial score (nSPS) is 14.6. The maximum Gasteiger partial charge on any atom is 0.319 e. The molecule has 0 fully saturated rings. The van der Waals surface area contributed by atoms with E-state index in [0.717, 1.165) is 0 Å². The summed E-state index contributed by atoms with van der Waals surface area (Å²) in [5.74, 6) is 0.361. The van der Waals surface area contributed by atoms with Gasteiger partial charge in [0.2, 0.25) is 0 Å². The lowest BCUT2D eigenvalue weighted by molar-refractivity contribution is 0.209. The van der Waals surface area contributed by atoms with Gasteiger partial charge in [0.25, 0.3) is 0 Å². The molecule has 1 atom stereocenters. The third-order valence-corrected chi connectivity index (χ3v) is 2.08. The van der Waals surface area contributed by atoms with Crippen molar-refractivity contribution in [3.05, 3.63) is 0 Å². The first-order valence-electron chi connectivity index (χ1n) is 4.32. The second kappa shape index (κ2) is 7.79. The summed E-state index contributed by atoms with van der Waals surface area (Å²) in [7, 11) is -2.43. The average Bonchev–Trinajstić information content (AvgIpc) is 2.14. The predicted molar refractivity (Wildman–Crippen MR) is 53.8 cm³/mol. The molecule has 3 N–H and O–H groups in total. The minimum absolute atomic E-state index is 0.0451. The Morgan fingerprint density at radius 1 is 1.57 bits per heavy atom. The van der Waals surface area contributed by atoms with Crippen LogP contribution in [0.4, 0.5) is 0 Å². The first-order chi connectivity index (χ1) is 6.56. The number of nitrogens with zero attached hydrogens (tertiary/aromatic N) is 1. The van der Waals surface area contributed by atoms with Crippen molar-refractivity contribution in [1.29, 1.82) is 0 Å². The van der Waals surface area contributed by atoms with Crippen LogP contribution in [0, 0.1) is 5.92 Å². The number of amidine groups is 1. The fourth-order valence-corrected chi connectivity index (χ4v) is 1.39. The van der Waals surface area contributed by atoms with Gasteiger partial charge >= 0.3 is 8.25 Å². The molecule has 7 heteroatoms. The van der Waals surface area contributed by atoms with E-state index in [-0.39, 0.29) is 18.9 Å². The van der Waals surface area contributed by atoms with E-state index >= 15 is 0 Å². The molecule has 6 nitrogen and oxygen atoms in total. The van der Waals surface area contributed by atoms with Crippen LogP contribution >= 0.6 is 8.25 Å². The zero-order valence-electron chi connectivity index (χ0n) is 8.40. The summed E-state index contributed by atoms with van der Waals surface area (Å²) in [6.45, 7) is 4.43. The Labute approximate surface area is 84.0 Å². The zero-order valence-corrected chi connectivity index (χ0v) is 9.40. The molecule has 0 radical (unpaired) electrons. The Morgan fingerprint density at radius 2 is 2.21 bits per heavy atom. The molecule has 0 aromatic carbocycles. The predicted octanol–water partition coefficient (Wildman–Crippen LogP) is 1.20. The monoisotopic (exact) mass is 224 g/mol. The Hall–Kier alpha value is -0.580. The summed E-state index contributed by atoms with van der Waals surface area (Å²) in [5, 5.41) is 10.9. The first-order valence-corrected chi connectivity index (χ1v) is 5.54. The number of nitrogens with two attached hydrogens (primary N) is 1. The summed E-state index contributed by atoms with van der Waals surface area (Å²) in [6.07, 6.45) is 0.234. The minimum atomic E-state index is -2.43. The van der Waals surface area contributed by atoms with Gasteiger partial charge in [-0.3, -0.25) is 4.57 Å². The fourth-order valence-electron chi connectivity index (χ4n) is 0.565. The van der Waals surface area contributed by atoms with Crippen molar-refractivity contribution in [3.63, 3.8) is 0 Å². The molecule has 0 heterocycles. The summed E-state index contributed by atoms with van der Waals surface area (Å²) in [4.78, 5) is 0. The summed E-state index contributed by atoms with van der Waals surface area (Å²) in [5.41, 5.74) is 5.17. The molecule has 0 saturated heterocycles. The standard InChI is InChI=1S/C7H17N2O4P/c1-6(2)5-13-14(11)12-4-3-7(8)9-10/h6,10,14H,3-5H2,1-2H3,(H2,8,9). The minimum Gasteiger partial charge on any atom is -0.409 e. The van der Waals surface area contributed by atoms with Crippen LogP contribution in [-0.4, -0.2) is 24.3 Å². The van der Waals surface area contributed by atoms with Gasteiger partial charge in [-0.2, -0.15) is 0 Å². The molecule has 0 saturated carbocycles. The van der Waals surface area contributed by atoms with E-state index in [1.54, 1.807) is 0 Å². The van der Waals surface area contributed by atoms with Crippen LogP contribution in [0.2, 0.25) is 0 Å². The van der Waals surface area contributed by atoms with Crippen LogP contribution < -0.4 is 5.73 Å². The third kappa shape index (κ3) is 8.04. The molecular weight excluding hydrogens is 207 g/mol. The van der Waals surface area contributed by atoms with Crippen LogP contribution in [0.1, 0.15) is 20.3 Å². The van der Waals surface area contributed by atoms with Crippen molar-refractivity contribution in [2.45, 2.75) is 20.3 Å². The first kappa shape index (κ1) is 13.4. The Kier molecular flexibility index (Phi) is 7.47. The Balaban J connectivity index is 3.45. The molecule has 84 valence electrons. The lowest BCUT2D eigenvalue weighted by atomic mass is 10.2. The quantitative estimate of drug-likeness (QED) is 0.223. The van der Waals surface area contributed by atoms with Crippen LogP contribution in [0.5, 0.6) is 0 Å². The molecule has 14 heavy (non-hydrogen) atoms. The fraction of sp³-hybridized carbons (Fsp3) is 0.857. The van der Waals surface area contributed by atoms with Crippen LogP contribution in [0.3, 0.4) is 0 Å². The third-order valence-electron chi connectivity index (χ3n) is 1.24. The zero-order chi connectivity index (χ0) is 11.0. The maximum absolute atomic E-state index is 11.0. The molecule has 0 aliphatic rings. The van der Waals surface area contributed by atoms with E-state index < -0.39 is 8.25 Å². The van der Waals surface area contributed by atoms with Gasteiger partial charge in [-0.05, 0) is 5.92 Å². The van der Waals surface area contributed by atoms with Crippen molar-refractivity contribution in [3.8, 4) is 0 Å². The number of hydrogen-bond donors (Lipinski definition) is 2. The van der Waals surface area contributed by atoms with Crippen LogP contribution in [0.15, 0.2) is 5.16 Å². The van der Waals surface area contributed by atoms with Gasteiger partial charge in [-0.25, -0.2) is 0 Å². The number of hydrogen-bond acceptors (Lipinski definition) is 5. The highest BCUT2D eigenvalue weighted by Gasteiger charge is 2.02. The van der Waals surface area contributed by atoms with Gasteiger partial charge in [0.1, 0.15) is 5.84 Å². The molecular formula is C7H17N2O4P. The van der Waals surface area contributed by atoms with Gasteiger partial charge < -0.3 is 20.0 Å². The molecule has 0 aliphatic heterocycles. The van der Waals surface area contributed by atoms with E-state index in [0.29, 0.717) is 12.5 Å². The summed E-state index contributed by atoms with van der Waals surface area (Å²) < 4.78 is 20.7. The van der Waals surface area contributed by atoms with Gasteiger partial charge in [0.15, 0.2) is 0 Å². The van der Waals surface area contributed by atoms with Crippen molar-refractivity contribution < 1.29 is 18.8 Å². The van der Waals surface area contributed by atoms with Gasteiger partial charge in [0, 0.05) is 6.42 Å². The average molecular weight is 224 g/mol. The van der Waals surface area contributed by atoms with E-state index in [1.807, 2.05) is 13.8 Å². The SMILES string of the molecule is CC(C)CO[PH](=O)OCCC(N)=NO. The molecule has 0 rings (SSSR count). The lowest BCUT2D eigenvalue weighted by Crippen LogP contribution is -2.13. The second-order valence-corrected chi connectivity index (χ2v) is 4.22. The van der Waals surface area contributed by atoms with Gasteiger partial charge in [0.05, 0.1) is 13.2 Å². The van der Waals surface area contributed by atoms with Crippen LogP contribution in [-0.2, 0) is 13.6 Å². The second-order valence-electron chi connectivity index (χ2n) is 3.14. The molecule has 0 aliphatic carbocycles. The molecule has 0 bridgehead atoms. The smallest absolute Gasteiger partial charge is 0.319 e. The van der Waals surface area contributed by atoms with E-state index in [9.17, 15) is 4.57 Å². The molecule has 0 aromatic heterocycles. The van der Waals surface area contributed by atoms with Crippen molar-refractivity contribution in [2.75, 3.05) is 13.2 Å². The molecule has 0 amide bonds. The van der Waals surface area contributed by atoms with Gasteiger partial charge in [-0.15, -0.1) is 0 Å². The van der Waals surface area contributed by atoms with Crippen molar-refractivity contribution in [1.82, 2.24) is 0 Å². The highest BCUT2D eigenvalue weighted by atomic mass is 31.1. The highest BCUT2D eigenvalue weighted by molar-refractivity contribution is 7.33. The maximum atomic E-state index is 11.0. The Bertz CT molecular complexity index is 208. The van der Waals surface area contributed by atoms with E-state index in [4.69, 9.17) is 20.0 Å². The molecule has 0 spiro atoms. The molecule has 1 unspecified atom stereocenters. The topological polar surface area (TPSA) is 94.1 Å². The van der Waals surface area contributed by atoms with E-state index in [1.165, 1.54) is 0 Å². The lowest BCUT2D eigenvalue weighted by Gasteiger charge is -2.06. The van der Waals surface area contributed by atoms with Crippen LogP contribution in [0.25, 0.3) is 0 Å². The summed E-state index contributed by atoms with van der Waals surface area (Å²) in [6, 6.07) is 0. The van der Waals surface area contributed by atoms with E-state index in [2.05, 4.69) is 5.16 Å². The number of rotatable bonds is 7. The van der Waals surface area contributed by atoms with Gasteiger partial charge in [-0.1, -0.05) is 19.0 Å². The van der Waals surface area contributed by atoms with Crippen molar-refractivity contribution >= 4 is 14.1 Å². The summed E-state index contributed by atoms with van der Waals surface area (Å²) >= 11 is 0. The largest absolute Gasteiger partial charge is 0.409 e. The van der Waals surface area contributed by atoms with Crippen molar-refractivity contribution in [2.24, 2.45) is 16.8 Å². The molecule has 0 aromatic rings. The number of oxime groups is 1. The Morgan fingerprint density at radius 3 is 2.71 bits per heavy atom. The highest BCUT2D eigenvalue weighted by Crippen LogP contribution is 2.24.